The Morgan fingerprint density at radius 3 is 2.06 bits per heavy atom. The van der Waals surface area contributed by atoms with Gasteiger partial charge in [0, 0.05) is 38.4 Å². The highest BCUT2D eigenvalue weighted by Gasteiger charge is 2.28. The predicted octanol–water partition coefficient (Wildman–Crippen LogP) is 7.35. The van der Waals surface area contributed by atoms with Gasteiger partial charge in [0.15, 0.2) is 0 Å². The fourth-order valence-corrected chi connectivity index (χ4v) is 4.80. The Kier molecular flexibility index (Phi) is 12.1. The molecule has 0 bridgehead atoms. The number of unbranched alkanes of at least 4 members (excludes halogenated alkanes) is 1. The number of anilines is 1. The number of nitrogens with zero attached hydrogens (tertiary/aromatic N) is 2. The molecule has 0 unspecified atom stereocenters. The minimum atomic E-state index is -0.862. The van der Waals surface area contributed by atoms with Crippen molar-refractivity contribution < 1.29 is 14.3 Å². The van der Waals surface area contributed by atoms with Gasteiger partial charge in [-0.25, -0.2) is 4.79 Å². The van der Waals surface area contributed by atoms with E-state index >= 15 is 0 Å². The number of carbonyl (C=O) groups is 1. The molecule has 0 spiro atoms. The van der Waals surface area contributed by atoms with Crippen LogP contribution in [0.1, 0.15) is 95.3 Å². The number of hydrogen-bond acceptors (Lipinski definition) is 3. The summed E-state index contributed by atoms with van der Waals surface area (Å²) in [4.78, 5) is 16.0. The topological polar surface area (TPSA) is 43.8 Å². The molecule has 1 saturated heterocycles. The zero-order valence-corrected chi connectivity index (χ0v) is 22.0. The largest absolute Gasteiger partial charge is 0.478 e. The molecule has 4 nitrogen and oxygen atoms in total. The van der Waals surface area contributed by atoms with Crippen LogP contribution >= 0.6 is 0 Å². The summed E-state index contributed by atoms with van der Waals surface area (Å²) in [5.74, 6) is -0.862. The van der Waals surface area contributed by atoms with Crippen molar-refractivity contribution in [3.8, 4) is 0 Å². The van der Waals surface area contributed by atoms with Crippen molar-refractivity contribution >= 4 is 11.7 Å². The number of hydrogen-bond donors (Lipinski definition) is 1. The van der Waals surface area contributed by atoms with Gasteiger partial charge in [0.25, 0.3) is 0 Å². The molecular formula is C29H47FN2O2. The van der Waals surface area contributed by atoms with Gasteiger partial charge in [0.05, 0.1) is 12.7 Å². The van der Waals surface area contributed by atoms with Gasteiger partial charge in [-0.1, -0.05) is 64.0 Å². The van der Waals surface area contributed by atoms with Crippen LogP contribution in [-0.2, 0) is 0 Å². The van der Waals surface area contributed by atoms with Crippen molar-refractivity contribution in [1.29, 1.82) is 0 Å². The Balaban J connectivity index is 0.000000603. The first-order chi connectivity index (χ1) is 16.4. The molecule has 1 N–H and O–H groups in total. The Labute approximate surface area is 207 Å². The molecule has 0 radical (unpaired) electrons. The Morgan fingerprint density at radius 2 is 1.56 bits per heavy atom. The minimum Gasteiger partial charge on any atom is -0.478 e. The quantitative estimate of drug-likeness (QED) is 0.420. The van der Waals surface area contributed by atoms with E-state index in [0.717, 1.165) is 38.4 Å². The van der Waals surface area contributed by atoms with E-state index in [1.54, 1.807) is 23.3 Å². The summed E-state index contributed by atoms with van der Waals surface area (Å²) in [7, 11) is 0.500. The highest BCUT2D eigenvalue weighted by Crippen LogP contribution is 2.40. The third-order valence-corrected chi connectivity index (χ3v) is 7.39. The molecule has 0 amide bonds. The molecule has 1 aromatic rings. The van der Waals surface area contributed by atoms with Gasteiger partial charge in [-0.15, -0.1) is 0 Å². The standard InChI is InChI=1S/C24H36N2O2.C4H8.CH3F/c1-4-5-6-20-17-24(2,3)12-11-21(20)18-25-13-15-26(16-14-25)22-9-7-19(8-10-22)23(27)28;1-2-4-3-1;1-2/h7-10H,4-6,11-18H2,1-3H3,(H,27,28);1-4H2;1H3. The second kappa shape index (κ2) is 14.5. The Hall–Kier alpha value is -1.88. The first kappa shape index (κ1) is 28.4. The highest BCUT2D eigenvalue weighted by molar-refractivity contribution is 5.88. The maximum absolute atomic E-state index is 11.0. The lowest BCUT2D eigenvalue weighted by atomic mass is 9.73. The molecule has 1 heterocycles. The van der Waals surface area contributed by atoms with E-state index in [1.165, 1.54) is 64.2 Å². The number of piperazine rings is 1. The molecule has 1 aromatic carbocycles. The van der Waals surface area contributed by atoms with Crippen LogP contribution in [0.15, 0.2) is 35.4 Å². The molecule has 5 heteroatoms. The summed E-state index contributed by atoms with van der Waals surface area (Å²) in [6, 6.07) is 7.29. The second-order valence-corrected chi connectivity index (χ2v) is 10.7. The van der Waals surface area contributed by atoms with E-state index in [1.807, 2.05) is 12.1 Å². The van der Waals surface area contributed by atoms with Crippen LogP contribution in [0.3, 0.4) is 0 Å². The first-order valence-corrected chi connectivity index (χ1v) is 13.3. The van der Waals surface area contributed by atoms with E-state index < -0.39 is 5.97 Å². The molecule has 3 aliphatic rings. The van der Waals surface area contributed by atoms with Crippen molar-refractivity contribution in [2.75, 3.05) is 44.8 Å². The lowest BCUT2D eigenvalue weighted by molar-refractivity contribution is 0.0697. The fourth-order valence-electron chi connectivity index (χ4n) is 4.80. The third kappa shape index (κ3) is 9.05. The van der Waals surface area contributed by atoms with Crippen molar-refractivity contribution in [3.05, 3.63) is 41.0 Å². The number of alkyl halides is 1. The monoisotopic (exact) mass is 474 g/mol. The van der Waals surface area contributed by atoms with Crippen molar-refractivity contribution in [1.82, 2.24) is 4.90 Å². The van der Waals surface area contributed by atoms with Gasteiger partial charge in [0.1, 0.15) is 0 Å². The number of allylic oxidation sites excluding steroid dienone is 1. The smallest absolute Gasteiger partial charge is 0.335 e. The first-order valence-electron chi connectivity index (χ1n) is 13.3. The maximum Gasteiger partial charge on any atom is 0.335 e. The summed E-state index contributed by atoms with van der Waals surface area (Å²) in [6.07, 6.45) is 13.7. The average Bonchev–Trinajstić information content (AvgIpc) is 2.80. The van der Waals surface area contributed by atoms with Gasteiger partial charge >= 0.3 is 5.97 Å². The van der Waals surface area contributed by atoms with Crippen LogP contribution in [0.25, 0.3) is 0 Å². The average molecular weight is 475 g/mol. The van der Waals surface area contributed by atoms with E-state index in [4.69, 9.17) is 5.11 Å². The number of halogens is 1. The van der Waals surface area contributed by atoms with Crippen LogP contribution in [0.4, 0.5) is 10.1 Å². The molecule has 192 valence electrons. The summed E-state index contributed by atoms with van der Waals surface area (Å²) >= 11 is 0. The zero-order valence-electron chi connectivity index (χ0n) is 22.0. The summed E-state index contributed by atoms with van der Waals surface area (Å²) in [5, 5.41) is 9.06. The maximum atomic E-state index is 11.0. The highest BCUT2D eigenvalue weighted by atomic mass is 19.1. The van der Waals surface area contributed by atoms with Gasteiger partial charge in [-0.3, -0.25) is 9.29 Å². The lowest BCUT2D eigenvalue weighted by Crippen LogP contribution is -2.47. The summed E-state index contributed by atoms with van der Waals surface area (Å²) in [6.45, 7) is 12.4. The van der Waals surface area contributed by atoms with E-state index in [-0.39, 0.29) is 0 Å². The molecule has 34 heavy (non-hydrogen) atoms. The molecule has 4 rings (SSSR count). The van der Waals surface area contributed by atoms with E-state index in [2.05, 4.69) is 30.6 Å². The molecule has 2 aliphatic carbocycles. The predicted molar refractivity (Wildman–Crippen MR) is 142 cm³/mol. The lowest BCUT2D eigenvalue weighted by Gasteiger charge is -2.39. The van der Waals surface area contributed by atoms with Gasteiger partial charge < -0.3 is 10.0 Å². The Bertz CT molecular complexity index is 757. The minimum absolute atomic E-state index is 0.356. The van der Waals surface area contributed by atoms with Crippen LogP contribution < -0.4 is 4.90 Å². The summed E-state index contributed by atoms with van der Waals surface area (Å²) in [5.41, 5.74) is 5.41. The van der Waals surface area contributed by atoms with E-state index in [0.29, 0.717) is 18.2 Å². The molecule has 2 fully saturated rings. The molecule has 0 atom stereocenters. The van der Waals surface area contributed by atoms with Crippen molar-refractivity contribution in [2.24, 2.45) is 5.41 Å². The third-order valence-electron chi connectivity index (χ3n) is 7.39. The number of aromatic carboxylic acids is 1. The molecule has 1 aliphatic heterocycles. The number of carboxylic acid groups (broad SMARTS) is 1. The van der Waals surface area contributed by atoms with E-state index in [9.17, 15) is 9.18 Å². The normalized spacial score (nSPS) is 19.9. The van der Waals surface area contributed by atoms with Gasteiger partial charge in [-0.05, 0) is 61.8 Å². The van der Waals surface area contributed by atoms with Gasteiger partial charge in [-0.2, -0.15) is 0 Å². The molecular weight excluding hydrogens is 427 g/mol. The van der Waals surface area contributed by atoms with Crippen LogP contribution in [0, 0.1) is 5.41 Å². The molecule has 0 aromatic heterocycles. The number of rotatable bonds is 7. The number of carboxylic acids is 1. The van der Waals surface area contributed by atoms with Crippen LogP contribution in [0.5, 0.6) is 0 Å². The summed E-state index contributed by atoms with van der Waals surface area (Å²) < 4.78 is 9.50. The van der Waals surface area contributed by atoms with Crippen LogP contribution in [0.2, 0.25) is 0 Å². The van der Waals surface area contributed by atoms with Crippen molar-refractivity contribution in [2.45, 2.75) is 85.0 Å². The fraction of sp³-hybridized carbons (Fsp3) is 0.690. The SMILES string of the molecule is C1CCC1.CCCCC1=C(CN2CCN(c3ccc(C(=O)O)cc3)CC2)CCC(C)(C)C1.CF. The van der Waals surface area contributed by atoms with Crippen molar-refractivity contribution in [3.63, 3.8) is 0 Å². The second-order valence-electron chi connectivity index (χ2n) is 10.7. The van der Waals surface area contributed by atoms with Gasteiger partial charge in [0.2, 0.25) is 0 Å². The number of benzene rings is 1. The van der Waals surface area contributed by atoms with Crippen LogP contribution in [-0.4, -0.2) is 55.9 Å². The Morgan fingerprint density at radius 1 is 0.971 bits per heavy atom. The molecule has 1 saturated carbocycles. The zero-order chi connectivity index (χ0) is 25.0.